The van der Waals surface area contributed by atoms with Crippen LogP contribution in [-0.2, 0) is 4.79 Å². The largest absolute Gasteiger partial charge is 0.497 e. The smallest absolute Gasteiger partial charge is 0.277 e. The highest BCUT2D eigenvalue weighted by Crippen LogP contribution is 2.28. The summed E-state index contributed by atoms with van der Waals surface area (Å²) in [6.07, 6.45) is 0. The number of amides is 1. The van der Waals surface area contributed by atoms with E-state index in [1.807, 2.05) is 43.3 Å². The van der Waals surface area contributed by atoms with Gasteiger partial charge in [0, 0.05) is 17.3 Å². The van der Waals surface area contributed by atoms with Crippen LogP contribution in [-0.4, -0.2) is 28.5 Å². The number of nitrogens with zero attached hydrogens (tertiary/aromatic N) is 2. The lowest BCUT2D eigenvalue weighted by molar-refractivity contribution is -0.115. The first-order chi connectivity index (χ1) is 13.0. The summed E-state index contributed by atoms with van der Waals surface area (Å²) in [6, 6.07) is 13.2. The number of rotatable bonds is 6. The molecule has 0 fully saturated rings. The van der Waals surface area contributed by atoms with Crippen LogP contribution in [0, 0.1) is 13.8 Å². The lowest BCUT2D eigenvalue weighted by atomic mass is 10.1. The molecular formula is C20H21N3O3S. The Morgan fingerprint density at radius 3 is 2.70 bits per heavy atom. The van der Waals surface area contributed by atoms with Gasteiger partial charge in [-0.3, -0.25) is 4.79 Å². The number of thioether (sulfide) groups is 1. The molecule has 1 aromatic heterocycles. The molecule has 0 radical (unpaired) electrons. The summed E-state index contributed by atoms with van der Waals surface area (Å²) in [5, 5.41) is 11.0. The maximum Gasteiger partial charge on any atom is 0.277 e. The van der Waals surface area contributed by atoms with Gasteiger partial charge in [-0.1, -0.05) is 23.9 Å². The molecule has 3 rings (SSSR count). The van der Waals surface area contributed by atoms with E-state index >= 15 is 0 Å². The summed E-state index contributed by atoms with van der Waals surface area (Å²) in [5.41, 5.74) is 3.90. The number of nitrogens with one attached hydrogen (secondary N) is 1. The molecule has 1 amide bonds. The zero-order chi connectivity index (χ0) is 19.4. The third-order valence-corrected chi connectivity index (χ3v) is 5.08. The van der Waals surface area contributed by atoms with Gasteiger partial charge in [-0.25, -0.2) is 0 Å². The molecule has 140 valence electrons. The Morgan fingerprint density at radius 2 is 1.96 bits per heavy atom. The van der Waals surface area contributed by atoms with Crippen LogP contribution in [0.25, 0.3) is 11.5 Å². The molecule has 1 heterocycles. The third kappa shape index (κ3) is 4.68. The fourth-order valence-corrected chi connectivity index (χ4v) is 3.08. The molecule has 2 aromatic carbocycles. The second-order valence-electron chi connectivity index (χ2n) is 6.15. The van der Waals surface area contributed by atoms with Crippen LogP contribution in [0.2, 0.25) is 0 Å². The van der Waals surface area contributed by atoms with E-state index < -0.39 is 5.25 Å². The maximum absolute atomic E-state index is 12.4. The average molecular weight is 383 g/mol. The van der Waals surface area contributed by atoms with Crippen LogP contribution in [0.3, 0.4) is 0 Å². The van der Waals surface area contributed by atoms with E-state index in [2.05, 4.69) is 22.4 Å². The van der Waals surface area contributed by atoms with Crippen molar-refractivity contribution in [2.24, 2.45) is 0 Å². The summed E-state index contributed by atoms with van der Waals surface area (Å²) in [4.78, 5) is 12.4. The van der Waals surface area contributed by atoms with E-state index in [4.69, 9.17) is 9.15 Å². The lowest BCUT2D eigenvalue weighted by Gasteiger charge is -2.10. The van der Waals surface area contributed by atoms with Crippen molar-refractivity contribution in [3.63, 3.8) is 0 Å². The summed E-state index contributed by atoms with van der Waals surface area (Å²) in [7, 11) is 1.59. The first-order valence-electron chi connectivity index (χ1n) is 8.49. The van der Waals surface area contributed by atoms with E-state index in [1.54, 1.807) is 20.1 Å². The number of carbonyl (C=O) groups is 1. The quantitative estimate of drug-likeness (QED) is 0.632. The van der Waals surface area contributed by atoms with Gasteiger partial charge in [0.15, 0.2) is 0 Å². The van der Waals surface area contributed by atoms with Gasteiger partial charge in [-0.05, 0) is 56.2 Å². The van der Waals surface area contributed by atoms with Crippen LogP contribution >= 0.6 is 11.8 Å². The SMILES string of the molecule is COc1cccc(NC(=O)[C@@H](C)Sc2nnc(-c3ccc(C)c(C)c3)o2)c1. The summed E-state index contributed by atoms with van der Waals surface area (Å²) in [5.74, 6) is 0.975. The standard InChI is InChI=1S/C20H21N3O3S/c1-12-8-9-15(10-13(12)2)19-22-23-20(26-19)27-14(3)18(24)21-16-6-5-7-17(11-16)25-4/h5-11,14H,1-4H3,(H,21,24)/t14-/m1/s1. The molecule has 6 nitrogen and oxygen atoms in total. The number of anilines is 1. The van der Waals surface area contributed by atoms with E-state index in [1.165, 1.54) is 17.3 Å². The van der Waals surface area contributed by atoms with Gasteiger partial charge in [-0.2, -0.15) is 0 Å². The minimum atomic E-state index is -0.399. The number of hydrogen-bond donors (Lipinski definition) is 1. The minimum Gasteiger partial charge on any atom is -0.497 e. The third-order valence-electron chi connectivity index (χ3n) is 4.14. The van der Waals surface area contributed by atoms with E-state index in [-0.39, 0.29) is 5.91 Å². The van der Waals surface area contributed by atoms with Gasteiger partial charge in [0.2, 0.25) is 11.8 Å². The van der Waals surface area contributed by atoms with Crippen molar-refractivity contribution >= 4 is 23.4 Å². The molecule has 27 heavy (non-hydrogen) atoms. The Bertz CT molecular complexity index is 955. The van der Waals surface area contributed by atoms with Crippen molar-refractivity contribution < 1.29 is 13.9 Å². The van der Waals surface area contributed by atoms with Crippen molar-refractivity contribution in [1.82, 2.24) is 10.2 Å². The number of aryl methyl sites for hydroxylation is 2. The van der Waals surface area contributed by atoms with E-state index in [0.29, 0.717) is 22.6 Å². The van der Waals surface area contributed by atoms with Crippen molar-refractivity contribution in [3.8, 4) is 17.2 Å². The normalized spacial score (nSPS) is 11.9. The topological polar surface area (TPSA) is 77.2 Å². The van der Waals surface area contributed by atoms with Gasteiger partial charge in [-0.15, -0.1) is 10.2 Å². The van der Waals surface area contributed by atoms with Crippen LogP contribution in [0.1, 0.15) is 18.1 Å². The molecule has 0 saturated heterocycles. The molecular weight excluding hydrogens is 362 g/mol. The van der Waals surface area contributed by atoms with Crippen molar-refractivity contribution in [3.05, 3.63) is 53.6 Å². The molecule has 1 atom stereocenters. The fourth-order valence-electron chi connectivity index (χ4n) is 2.40. The van der Waals surface area contributed by atoms with Gasteiger partial charge >= 0.3 is 0 Å². The molecule has 0 aliphatic carbocycles. The van der Waals surface area contributed by atoms with Crippen LogP contribution in [0.4, 0.5) is 5.69 Å². The predicted octanol–water partition coefficient (Wildman–Crippen LogP) is 4.48. The van der Waals surface area contributed by atoms with Gasteiger partial charge in [0.05, 0.1) is 12.4 Å². The number of carbonyl (C=O) groups excluding carboxylic acids is 1. The molecule has 0 bridgehead atoms. The zero-order valence-corrected chi connectivity index (χ0v) is 16.5. The lowest BCUT2D eigenvalue weighted by Crippen LogP contribution is -2.22. The molecule has 0 aliphatic rings. The Kier molecular flexibility index (Phi) is 5.81. The first-order valence-corrected chi connectivity index (χ1v) is 9.37. The number of aromatic nitrogens is 2. The number of ether oxygens (including phenoxy) is 1. The van der Waals surface area contributed by atoms with Gasteiger partial charge < -0.3 is 14.5 Å². The molecule has 0 saturated carbocycles. The average Bonchev–Trinajstić information content (AvgIpc) is 3.12. The second-order valence-corrected chi connectivity index (χ2v) is 7.45. The first kappa shape index (κ1) is 19.0. The highest BCUT2D eigenvalue weighted by Gasteiger charge is 2.19. The van der Waals surface area contributed by atoms with Gasteiger partial charge in [0.25, 0.3) is 5.22 Å². The van der Waals surface area contributed by atoms with Crippen molar-refractivity contribution in [1.29, 1.82) is 0 Å². The number of benzene rings is 2. The molecule has 0 aliphatic heterocycles. The Morgan fingerprint density at radius 1 is 1.15 bits per heavy atom. The van der Waals surface area contributed by atoms with Crippen molar-refractivity contribution in [2.45, 2.75) is 31.2 Å². The van der Waals surface area contributed by atoms with Crippen LogP contribution < -0.4 is 10.1 Å². The van der Waals surface area contributed by atoms with Crippen molar-refractivity contribution in [2.75, 3.05) is 12.4 Å². The molecule has 7 heteroatoms. The molecule has 3 aromatic rings. The van der Waals surface area contributed by atoms with Crippen LogP contribution in [0.15, 0.2) is 52.1 Å². The van der Waals surface area contributed by atoms with E-state index in [0.717, 1.165) is 11.1 Å². The predicted molar refractivity (Wildman–Crippen MR) is 106 cm³/mol. The molecule has 0 spiro atoms. The fraction of sp³-hybridized carbons (Fsp3) is 0.250. The number of hydrogen-bond acceptors (Lipinski definition) is 6. The van der Waals surface area contributed by atoms with E-state index in [9.17, 15) is 4.79 Å². The van der Waals surface area contributed by atoms with Gasteiger partial charge in [0.1, 0.15) is 5.75 Å². The Labute approximate surface area is 162 Å². The highest BCUT2D eigenvalue weighted by atomic mass is 32.2. The maximum atomic E-state index is 12.4. The summed E-state index contributed by atoms with van der Waals surface area (Å²) < 4.78 is 10.9. The Balaban J connectivity index is 1.65. The zero-order valence-electron chi connectivity index (χ0n) is 15.6. The summed E-state index contributed by atoms with van der Waals surface area (Å²) in [6.45, 7) is 5.88. The summed E-state index contributed by atoms with van der Waals surface area (Å²) >= 11 is 1.22. The van der Waals surface area contributed by atoms with Crippen LogP contribution in [0.5, 0.6) is 5.75 Å². The molecule has 1 N–H and O–H groups in total. The Hall–Kier alpha value is -2.80. The second kappa shape index (κ2) is 8.26. The monoisotopic (exact) mass is 383 g/mol. The highest BCUT2D eigenvalue weighted by molar-refractivity contribution is 8.00. The molecule has 0 unspecified atom stereocenters. The minimum absolute atomic E-state index is 0.154. The number of methoxy groups -OCH3 is 1.